The molecule has 2 aromatic carbocycles. The fourth-order valence-electron chi connectivity index (χ4n) is 6.17. The Morgan fingerprint density at radius 3 is 2.76 bits per heavy atom. The Labute approximate surface area is 241 Å². The summed E-state index contributed by atoms with van der Waals surface area (Å²) in [6.07, 6.45) is 2.71. The van der Waals surface area contributed by atoms with E-state index in [2.05, 4.69) is 55.0 Å². The fourth-order valence-corrected chi connectivity index (χ4v) is 6.17. The Balaban J connectivity index is 1.25. The third-order valence-corrected chi connectivity index (χ3v) is 8.28. The molecule has 4 aromatic rings. The van der Waals surface area contributed by atoms with Gasteiger partial charge in [0, 0.05) is 36.7 Å². The number of rotatable bonds is 8. The van der Waals surface area contributed by atoms with Crippen molar-refractivity contribution in [3.63, 3.8) is 0 Å². The van der Waals surface area contributed by atoms with E-state index in [1.807, 2.05) is 30.3 Å². The lowest BCUT2D eigenvalue weighted by Crippen LogP contribution is -2.47. The second-order valence-electron chi connectivity index (χ2n) is 11.7. The number of methoxy groups -OCH3 is 1. The van der Waals surface area contributed by atoms with Gasteiger partial charge in [-0.05, 0) is 53.8 Å². The quantitative estimate of drug-likeness (QED) is 0.320. The summed E-state index contributed by atoms with van der Waals surface area (Å²) in [6, 6.07) is 19.2. The van der Waals surface area contributed by atoms with Crippen LogP contribution in [0.2, 0.25) is 0 Å². The smallest absolute Gasteiger partial charge is 0.223 e. The molecule has 1 fully saturated rings. The molecule has 0 saturated carbocycles. The first-order valence-corrected chi connectivity index (χ1v) is 14.2. The largest absolute Gasteiger partial charge is 0.488 e. The molecule has 41 heavy (non-hydrogen) atoms. The van der Waals surface area contributed by atoms with Gasteiger partial charge in [-0.1, -0.05) is 50.2 Å². The molecular formula is C33H38N4O4. The normalized spacial score (nSPS) is 18.3. The van der Waals surface area contributed by atoms with E-state index in [-0.39, 0.29) is 12.0 Å². The third kappa shape index (κ3) is 5.35. The standard InChI is InChI=1S/C33H38N4O4/c1-22-7-5-8-27(29-9-6-10-30(35-29)37-32(39-4)25(18-38)16-34-37)31(22)41-19-23-11-12-24-17-36(26-13-14-40-20-26)21-33(2,3)28(24)15-23/h5-12,15-16,26,38H,13-14,17-21H2,1-4H3. The fraction of sp³-hybridized carbons (Fsp3) is 0.394. The predicted molar refractivity (Wildman–Crippen MR) is 157 cm³/mol. The van der Waals surface area contributed by atoms with Crippen LogP contribution in [0.1, 0.15) is 48.1 Å². The molecule has 4 heterocycles. The zero-order valence-corrected chi connectivity index (χ0v) is 24.3. The number of aryl methyl sites for hydroxylation is 1. The van der Waals surface area contributed by atoms with E-state index in [1.165, 1.54) is 11.1 Å². The van der Waals surface area contributed by atoms with Crippen LogP contribution in [-0.4, -0.2) is 57.7 Å². The number of aliphatic hydroxyl groups excluding tert-OH is 1. The molecule has 214 valence electrons. The Morgan fingerprint density at radius 1 is 1.12 bits per heavy atom. The Bertz CT molecular complexity index is 1540. The van der Waals surface area contributed by atoms with Crippen molar-refractivity contribution in [1.82, 2.24) is 19.7 Å². The molecule has 0 bridgehead atoms. The number of nitrogens with zero attached hydrogens (tertiary/aromatic N) is 4. The summed E-state index contributed by atoms with van der Waals surface area (Å²) >= 11 is 0. The molecule has 1 atom stereocenters. The Morgan fingerprint density at radius 2 is 1.98 bits per heavy atom. The zero-order chi connectivity index (χ0) is 28.6. The molecule has 1 saturated heterocycles. The Kier molecular flexibility index (Phi) is 7.55. The van der Waals surface area contributed by atoms with Crippen molar-refractivity contribution in [2.75, 3.05) is 26.9 Å². The lowest BCUT2D eigenvalue weighted by molar-refractivity contribution is 0.111. The van der Waals surface area contributed by atoms with Crippen LogP contribution in [0.25, 0.3) is 17.1 Å². The number of benzene rings is 2. The first-order chi connectivity index (χ1) is 19.9. The number of hydrogen-bond donors (Lipinski definition) is 1. The minimum absolute atomic E-state index is 0.0494. The summed E-state index contributed by atoms with van der Waals surface area (Å²) in [7, 11) is 1.56. The van der Waals surface area contributed by atoms with Crippen LogP contribution in [0.15, 0.2) is 60.8 Å². The van der Waals surface area contributed by atoms with Gasteiger partial charge < -0.3 is 19.3 Å². The second kappa shape index (κ2) is 11.3. The SMILES string of the molecule is COc1c(CO)cnn1-c1cccc(-c2cccc(C)c2OCc2ccc3c(c2)C(C)(C)CN(C2CCOC2)C3)n1. The molecule has 0 radical (unpaired) electrons. The summed E-state index contributed by atoms with van der Waals surface area (Å²) in [4.78, 5) is 7.48. The van der Waals surface area contributed by atoms with E-state index in [4.69, 9.17) is 19.2 Å². The van der Waals surface area contributed by atoms with Crippen molar-refractivity contribution in [2.24, 2.45) is 0 Å². The summed E-state index contributed by atoms with van der Waals surface area (Å²) in [6.45, 7) is 10.8. The molecule has 0 amide bonds. The van der Waals surface area contributed by atoms with Crippen LogP contribution in [0.3, 0.4) is 0 Å². The highest BCUT2D eigenvalue weighted by atomic mass is 16.5. The van der Waals surface area contributed by atoms with Gasteiger partial charge in [0.1, 0.15) is 12.4 Å². The van der Waals surface area contributed by atoms with Crippen molar-refractivity contribution in [2.45, 2.75) is 58.4 Å². The number of para-hydroxylation sites is 1. The monoisotopic (exact) mass is 554 g/mol. The van der Waals surface area contributed by atoms with E-state index >= 15 is 0 Å². The zero-order valence-electron chi connectivity index (χ0n) is 24.3. The van der Waals surface area contributed by atoms with Crippen LogP contribution in [0, 0.1) is 6.92 Å². The molecule has 2 aromatic heterocycles. The number of aliphatic hydroxyl groups is 1. The van der Waals surface area contributed by atoms with Crippen molar-refractivity contribution < 1.29 is 19.3 Å². The van der Waals surface area contributed by atoms with Crippen molar-refractivity contribution in [1.29, 1.82) is 0 Å². The van der Waals surface area contributed by atoms with Crippen LogP contribution >= 0.6 is 0 Å². The first kappa shape index (κ1) is 27.4. The number of hydrogen-bond acceptors (Lipinski definition) is 7. The molecule has 1 N–H and O–H groups in total. The molecule has 0 spiro atoms. The van der Waals surface area contributed by atoms with Crippen LogP contribution in [0.5, 0.6) is 11.6 Å². The van der Waals surface area contributed by atoms with E-state index < -0.39 is 0 Å². The van der Waals surface area contributed by atoms with Gasteiger partial charge in [-0.3, -0.25) is 4.90 Å². The summed E-state index contributed by atoms with van der Waals surface area (Å²) in [5.74, 6) is 1.87. The highest BCUT2D eigenvalue weighted by Crippen LogP contribution is 2.37. The summed E-state index contributed by atoms with van der Waals surface area (Å²) < 4.78 is 19.3. The molecule has 0 aliphatic carbocycles. The molecule has 6 rings (SSSR count). The second-order valence-corrected chi connectivity index (χ2v) is 11.7. The van der Waals surface area contributed by atoms with Crippen molar-refractivity contribution in [3.8, 4) is 28.7 Å². The van der Waals surface area contributed by atoms with Crippen LogP contribution < -0.4 is 9.47 Å². The topological polar surface area (TPSA) is 81.9 Å². The lowest BCUT2D eigenvalue weighted by atomic mass is 9.77. The van der Waals surface area contributed by atoms with Gasteiger partial charge in [0.05, 0.1) is 37.8 Å². The van der Waals surface area contributed by atoms with Gasteiger partial charge >= 0.3 is 0 Å². The predicted octanol–water partition coefficient (Wildman–Crippen LogP) is 5.20. The van der Waals surface area contributed by atoms with Gasteiger partial charge in [0.15, 0.2) is 5.82 Å². The molecule has 2 aliphatic rings. The van der Waals surface area contributed by atoms with Crippen molar-refractivity contribution in [3.05, 3.63) is 88.6 Å². The van der Waals surface area contributed by atoms with E-state index in [0.717, 1.165) is 60.9 Å². The molecule has 1 unspecified atom stereocenters. The first-order valence-electron chi connectivity index (χ1n) is 14.2. The minimum atomic E-state index is -0.160. The van der Waals surface area contributed by atoms with Crippen LogP contribution in [-0.2, 0) is 29.9 Å². The Hall–Kier alpha value is -3.72. The minimum Gasteiger partial charge on any atom is -0.488 e. The van der Waals surface area contributed by atoms with Gasteiger partial charge in [-0.2, -0.15) is 9.78 Å². The molecule has 8 nitrogen and oxygen atoms in total. The highest BCUT2D eigenvalue weighted by molar-refractivity contribution is 5.69. The van der Waals surface area contributed by atoms with Gasteiger partial charge in [-0.15, -0.1) is 0 Å². The van der Waals surface area contributed by atoms with E-state index in [0.29, 0.717) is 29.9 Å². The summed E-state index contributed by atoms with van der Waals surface area (Å²) in [5.41, 5.74) is 7.34. The summed E-state index contributed by atoms with van der Waals surface area (Å²) in [5, 5.41) is 14.0. The number of ether oxygens (including phenoxy) is 3. The maximum Gasteiger partial charge on any atom is 0.223 e. The van der Waals surface area contributed by atoms with Gasteiger partial charge in [-0.25, -0.2) is 4.98 Å². The van der Waals surface area contributed by atoms with E-state index in [1.54, 1.807) is 18.0 Å². The lowest BCUT2D eigenvalue weighted by Gasteiger charge is -2.42. The average molecular weight is 555 g/mol. The van der Waals surface area contributed by atoms with Crippen molar-refractivity contribution >= 4 is 0 Å². The van der Waals surface area contributed by atoms with Crippen LogP contribution in [0.4, 0.5) is 0 Å². The molecule has 8 heteroatoms. The maximum atomic E-state index is 9.64. The molecule has 2 aliphatic heterocycles. The van der Waals surface area contributed by atoms with Gasteiger partial charge in [0.2, 0.25) is 5.88 Å². The van der Waals surface area contributed by atoms with E-state index in [9.17, 15) is 5.11 Å². The number of fused-ring (bicyclic) bond motifs is 1. The molecular weight excluding hydrogens is 516 g/mol. The third-order valence-electron chi connectivity index (χ3n) is 8.28. The maximum absolute atomic E-state index is 9.64. The number of pyridine rings is 1. The average Bonchev–Trinajstić information content (AvgIpc) is 3.67. The number of aromatic nitrogens is 3. The highest BCUT2D eigenvalue weighted by Gasteiger charge is 2.36. The van der Waals surface area contributed by atoms with Gasteiger partial charge in [0.25, 0.3) is 0 Å².